The molecule has 4 amide bonds. The third-order valence-corrected chi connectivity index (χ3v) is 12.3. The third-order valence-electron chi connectivity index (χ3n) is 11.8. The fourth-order valence-corrected chi connectivity index (χ4v) is 9.82. The highest BCUT2D eigenvalue weighted by Gasteiger charge is 2.70. The normalized spacial score (nSPS) is 25.6. The van der Waals surface area contributed by atoms with E-state index >= 15 is 9.59 Å². The number of hydrogen-bond acceptors (Lipinski definition) is 7. The van der Waals surface area contributed by atoms with E-state index in [0.717, 1.165) is 16.1 Å². The number of rotatable bonds is 9. The number of para-hydroxylation sites is 1. The predicted molar refractivity (Wildman–Crippen MR) is 212 cm³/mol. The Morgan fingerprint density at radius 1 is 0.927 bits per heavy atom. The smallest absolute Gasteiger partial charge is 0.260 e. The molecule has 0 unspecified atom stereocenters. The number of allylic oxidation sites excluding steroid dienone is 3. The summed E-state index contributed by atoms with van der Waals surface area (Å²) >= 11 is 12.8. The lowest BCUT2D eigenvalue weighted by molar-refractivity contribution is -0.138. The zero-order valence-electron chi connectivity index (χ0n) is 29.9. The van der Waals surface area contributed by atoms with Gasteiger partial charge in [0.1, 0.15) is 11.5 Å². The van der Waals surface area contributed by atoms with Crippen LogP contribution in [0.3, 0.4) is 0 Å². The lowest BCUT2D eigenvalue weighted by Gasteiger charge is -2.50. The van der Waals surface area contributed by atoms with Gasteiger partial charge in [-0.3, -0.25) is 29.5 Å². The summed E-state index contributed by atoms with van der Waals surface area (Å²) in [5.74, 6) is -5.32. The number of nitrogens with zero attached hydrogens (tertiary/aromatic N) is 2. The van der Waals surface area contributed by atoms with Gasteiger partial charge in [0.2, 0.25) is 11.8 Å². The standard InChI is InChI=1S/C44H37Cl2N3O6/c1-4-7-25-8-6-9-32(39(25)50)38-30-19-20-31-37(42(53)48(40(31)51)28-15-10-24(5-2)11-16-28)33(30)23-34-41(52)49(47-36-21-14-27(45)22-35(36)46)43(54)44(34,38)26-12-17-29(55-3)18-13-26/h4-6,8-19,21-22,31,33-34,37-38,47,50H,1-2,7,20,23H2,3H3/t31-,33+,34-,37-,38+,44+/m0/s1. The second-order valence-corrected chi connectivity index (χ2v) is 15.2. The van der Waals surface area contributed by atoms with Gasteiger partial charge in [-0.2, -0.15) is 5.01 Å². The molecule has 0 radical (unpaired) electrons. The quantitative estimate of drug-likeness (QED) is 0.130. The highest BCUT2D eigenvalue weighted by molar-refractivity contribution is 6.36. The van der Waals surface area contributed by atoms with Crippen LogP contribution in [0.15, 0.2) is 116 Å². The summed E-state index contributed by atoms with van der Waals surface area (Å²) in [6.07, 6.45) is 5.99. The molecular formula is C44H37Cl2N3O6. The molecule has 3 fully saturated rings. The molecule has 0 bridgehead atoms. The molecule has 4 aliphatic rings. The van der Waals surface area contributed by atoms with Crippen molar-refractivity contribution in [1.82, 2.24) is 5.01 Å². The van der Waals surface area contributed by atoms with Crippen molar-refractivity contribution in [2.45, 2.75) is 30.6 Å². The Balaban J connectivity index is 1.34. The Labute approximate surface area is 328 Å². The number of carbonyl (C=O) groups excluding carboxylic acids is 4. The van der Waals surface area contributed by atoms with Gasteiger partial charge < -0.3 is 9.84 Å². The van der Waals surface area contributed by atoms with Crippen LogP contribution in [0.4, 0.5) is 11.4 Å². The van der Waals surface area contributed by atoms with E-state index in [1.54, 1.807) is 92.1 Å². The number of hydrogen-bond donors (Lipinski definition) is 2. The van der Waals surface area contributed by atoms with Gasteiger partial charge in [0, 0.05) is 16.5 Å². The number of benzene rings is 4. The number of hydrazine groups is 1. The minimum atomic E-state index is -1.61. The van der Waals surface area contributed by atoms with Gasteiger partial charge in [-0.15, -0.1) is 6.58 Å². The molecule has 2 aliphatic carbocycles. The van der Waals surface area contributed by atoms with Crippen molar-refractivity contribution >= 4 is 64.3 Å². The van der Waals surface area contributed by atoms with Crippen molar-refractivity contribution in [3.8, 4) is 11.5 Å². The van der Waals surface area contributed by atoms with Crippen molar-refractivity contribution < 1.29 is 29.0 Å². The second kappa shape index (κ2) is 13.9. The fraction of sp³-hybridized carbons (Fsp3) is 0.227. The summed E-state index contributed by atoms with van der Waals surface area (Å²) < 4.78 is 5.48. The van der Waals surface area contributed by atoms with E-state index < -0.39 is 46.8 Å². The van der Waals surface area contributed by atoms with E-state index in [9.17, 15) is 14.7 Å². The maximum atomic E-state index is 15.5. The van der Waals surface area contributed by atoms with Gasteiger partial charge in [-0.05, 0) is 84.3 Å². The van der Waals surface area contributed by atoms with Crippen LogP contribution in [0.25, 0.3) is 6.08 Å². The van der Waals surface area contributed by atoms with Gasteiger partial charge in [-0.1, -0.05) is 96.0 Å². The first-order valence-corrected chi connectivity index (χ1v) is 18.8. The number of imide groups is 2. The minimum Gasteiger partial charge on any atom is -0.507 e. The number of fused-ring (bicyclic) bond motifs is 4. The summed E-state index contributed by atoms with van der Waals surface area (Å²) in [6, 6.07) is 24.1. The maximum absolute atomic E-state index is 15.5. The molecular weight excluding hydrogens is 737 g/mol. The highest BCUT2D eigenvalue weighted by Crippen LogP contribution is 2.65. The predicted octanol–water partition coefficient (Wildman–Crippen LogP) is 8.27. The lowest BCUT2D eigenvalue weighted by atomic mass is 9.49. The molecule has 2 N–H and O–H groups in total. The zero-order valence-corrected chi connectivity index (χ0v) is 31.4. The van der Waals surface area contributed by atoms with Crippen LogP contribution in [0, 0.1) is 23.7 Å². The molecule has 0 aromatic heterocycles. The third kappa shape index (κ3) is 5.51. The molecule has 55 heavy (non-hydrogen) atoms. The van der Waals surface area contributed by atoms with Crippen LogP contribution in [-0.4, -0.2) is 40.9 Å². The van der Waals surface area contributed by atoms with Crippen molar-refractivity contribution in [3.63, 3.8) is 0 Å². The SMILES string of the molecule is C=CCc1cccc([C@H]2C3=CC[C@@H]4C(=O)N(c5ccc(C=C)cc5)C(=O)[C@@H]4[C@@H]3C[C@H]3C(=O)N(Nc4ccc(Cl)cc4Cl)C(=O)[C@@]23c2ccc(OC)cc2)c1O. The number of phenolic OH excluding ortho intramolecular Hbond substituents is 1. The number of phenols is 1. The highest BCUT2D eigenvalue weighted by atomic mass is 35.5. The number of nitrogens with one attached hydrogen (secondary N) is 1. The molecule has 1 saturated carbocycles. The molecule has 0 spiro atoms. The Kier molecular flexibility index (Phi) is 9.18. The zero-order chi connectivity index (χ0) is 38.8. The molecule has 2 aliphatic heterocycles. The van der Waals surface area contributed by atoms with Gasteiger partial charge in [0.15, 0.2) is 0 Å². The van der Waals surface area contributed by atoms with Crippen LogP contribution < -0.4 is 15.1 Å². The lowest BCUT2D eigenvalue weighted by Crippen LogP contribution is -2.53. The largest absolute Gasteiger partial charge is 0.507 e. The molecule has 8 rings (SSSR count). The van der Waals surface area contributed by atoms with Crippen molar-refractivity contribution in [2.24, 2.45) is 23.7 Å². The van der Waals surface area contributed by atoms with E-state index in [4.69, 9.17) is 27.9 Å². The average Bonchev–Trinajstić information content (AvgIpc) is 3.57. The molecule has 2 saturated heterocycles. The first kappa shape index (κ1) is 36.3. The second-order valence-electron chi connectivity index (χ2n) is 14.4. The van der Waals surface area contributed by atoms with Crippen molar-refractivity contribution in [3.05, 3.63) is 148 Å². The fourth-order valence-electron chi connectivity index (χ4n) is 9.37. The summed E-state index contributed by atoms with van der Waals surface area (Å²) in [4.78, 5) is 60.5. The summed E-state index contributed by atoms with van der Waals surface area (Å²) in [5, 5.41) is 13.6. The average molecular weight is 775 g/mol. The van der Waals surface area contributed by atoms with E-state index in [1.165, 1.54) is 11.0 Å². The van der Waals surface area contributed by atoms with Gasteiger partial charge >= 0.3 is 0 Å². The van der Waals surface area contributed by atoms with Gasteiger partial charge in [-0.25, -0.2) is 0 Å². The van der Waals surface area contributed by atoms with Gasteiger partial charge in [0.05, 0.1) is 46.7 Å². The molecule has 4 aromatic rings. The molecule has 6 atom stereocenters. The molecule has 11 heteroatoms. The Morgan fingerprint density at radius 2 is 1.67 bits per heavy atom. The Morgan fingerprint density at radius 3 is 2.35 bits per heavy atom. The maximum Gasteiger partial charge on any atom is 0.260 e. The molecule has 4 aromatic carbocycles. The topological polar surface area (TPSA) is 116 Å². The first-order valence-electron chi connectivity index (χ1n) is 18.0. The minimum absolute atomic E-state index is 0.0344. The van der Waals surface area contributed by atoms with E-state index in [0.29, 0.717) is 39.6 Å². The number of carbonyl (C=O) groups is 4. The number of anilines is 2. The van der Waals surface area contributed by atoms with Crippen LogP contribution in [0.1, 0.15) is 41.0 Å². The van der Waals surface area contributed by atoms with E-state index in [-0.39, 0.29) is 41.1 Å². The van der Waals surface area contributed by atoms with Crippen molar-refractivity contribution in [2.75, 3.05) is 17.4 Å². The summed E-state index contributed by atoms with van der Waals surface area (Å²) in [7, 11) is 1.54. The van der Waals surface area contributed by atoms with E-state index in [2.05, 4.69) is 18.6 Å². The van der Waals surface area contributed by atoms with Gasteiger partial charge in [0.25, 0.3) is 11.8 Å². The molecule has 2 heterocycles. The molecule has 9 nitrogen and oxygen atoms in total. The monoisotopic (exact) mass is 773 g/mol. The van der Waals surface area contributed by atoms with Crippen LogP contribution in [0.2, 0.25) is 10.0 Å². The van der Waals surface area contributed by atoms with Crippen molar-refractivity contribution in [1.29, 1.82) is 0 Å². The summed E-state index contributed by atoms with van der Waals surface area (Å²) in [5.41, 5.74) is 5.23. The first-order chi connectivity index (χ1) is 26.5. The Hall–Kier alpha value is -5.64. The number of amides is 4. The number of halogens is 2. The summed E-state index contributed by atoms with van der Waals surface area (Å²) in [6.45, 7) is 7.67. The van der Waals surface area contributed by atoms with E-state index in [1.807, 2.05) is 12.1 Å². The Bertz CT molecular complexity index is 2320. The molecule has 278 valence electrons. The number of aromatic hydroxyl groups is 1. The van der Waals surface area contributed by atoms with Crippen LogP contribution in [-0.2, 0) is 31.0 Å². The number of ether oxygens (including phenoxy) is 1. The number of methoxy groups -OCH3 is 1. The van der Waals surface area contributed by atoms with Crippen LogP contribution in [0.5, 0.6) is 11.5 Å². The van der Waals surface area contributed by atoms with Crippen LogP contribution >= 0.6 is 23.2 Å².